The number of hydrogen-bond donors (Lipinski definition) is 0. The lowest BCUT2D eigenvalue weighted by atomic mass is 10.1. The summed E-state index contributed by atoms with van der Waals surface area (Å²) in [4.78, 5) is 9.18. The van der Waals surface area contributed by atoms with E-state index in [0.717, 1.165) is 34.1 Å². The van der Waals surface area contributed by atoms with Crippen molar-refractivity contribution >= 4 is 11.6 Å². The van der Waals surface area contributed by atoms with E-state index in [1.807, 2.05) is 38.1 Å². The third-order valence-electron chi connectivity index (χ3n) is 3.23. The molecule has 2 rings (SSSR count). The van der Waals surface area contributed by atoms with E-state index in [2.05, 4.69) is 23.8 Å². The molecule has 112 valence electrons. The topological polar surface area (TPSA) is 35.0 Å². The van der Waals surface area contributed by atoms with Gasteiger partial charge in [0.05, 0.1) is 11.4 Å². The van der Waals surface area contributed by atoms with E-state index in [1.165, 1.54) is 0 Å². The molecular formula is C17H21ClN2O. The molecular weight excluding hydrogens is 284 g/mol. The molecule has 1 aromatic heterocycles. The van der Waals surface area contributed by atoms with Crippen LogP contribution in [0.2, 0.25) is 5.02 Å². The van der Waals surface area contributed by atoms with Crippen molar-refractivity contribution in [1.82, 2.24) is 9.97 Å². The molecule has 21 heavy (non-hydrogen) atoms. The highest BCUT2D eigenvalue weighted by Gasteiger charge is 2.12. The van der Waals surface area contributed by atoms with Crippen molar-refractivity contribution in [3.8, 4) is 5.88 Å². The number of benzene rings is 1. The fourth-order valence-corrected chi connectivity index (χ4v) is 2.12. The Bertz CT molecular complexity index is 609. The fourth-order valence-electron chi connectivity index (χ4n) is 2.00. The van der Waals surface area contributed by atoms with Crippen LogP contribution < -0.4 is 4.74 Å². The molecule has 0 saturated carbocycles. The largest absolute Gasteiger partial charge is 0.471 e. The molecule has 0 aliphatic heterocycles. The highest BCUT2D eigenvalue weighted by atomic mass is 35.5. The minimum atomic E-state index is 0.472. The maximum Gasteiger partial charge on any atom is 0.236 e. The molecule has 0 fully saturated rings. The summed E-state index contributed by atoms with van der Waals surface area (Å²) in [5.74, 6) is 1.15. The van der Waals surface area contributed by atoms with E-state index < -0.39 is 0 Å². The first kappa shape index (κ1) is 15.8. The van der Waals surface area contributed by atoms with Crippen molar-refractivity contribution in [1.29, 1.82) is 0 Å². The zero-order chi connectivity index (χ0) is 15.4. The molecule has 0 aliphatic rings. The minimum absolute atomic E-state index is 0.472. The van der Waals surface area contributed by atoms with E-state index in [0.29, 0.717) is 18.4 Å². The molecule has 0 aliphatic carbocycles. The monoisotopic (exact) mass is 304 g/mol. The number of aromatic nitrogens is 2. The summed E-state index contributed by atoms with van der Waals surface area (Å²) in [5.41, 5.74) is 3.87. The Morgan fingerprint density at radius 2 is 1.67 bits per heavy atom. The average molecular weight is 305 g/mol. The Labute approximate surface area is 131 Å². The van der Waals surface area contributed by atoms with Gasteiger partial charge in [0.25, 0.3) is 0 Å². The van der Waals surface area contributed by atoms with Gasteiger partial charge in [-0.05, 0) is 43.9 Å². The first-order valence-electron chi connectivity index (χ1n) is 7.17. The Kier molecular flexibility index (Phi) is 5.18. The smallest absolute Gasteiger partial charge is 0.236 e. The van der Waals surface area contributed by atoms with E-state index in [4.69, 9.17) is 16.3 Å². The van der Waals surface area contributed by atoms with Crippen LogP contribution in [0.25, 0.3) is 0 Å². The van der Waals surface area contributed by atoms with Crippen LogP contribution >= 0.6 is 11.6 Å². The van der Waals surface area contributed by atoms with E-state index in [-0.39, 0.29) is 0 Å². The summed E-state index contributed by atoms with van der Waals surface area (Å²) in [5, 5.41) is 0.727. The van der Waals surface area contributed by atoms with Gasteiger partial charge < -0.3 is 4.74 Å². The van der Waals surface area contributed by atoms with Gasteiger partial charge in [-0.25, -0.2) is 4.98 Å². The van der Waals surface area contributed by atoms with Crippen LogP contribution in [0.3, 0.4) is 0 Å². The van der Waals surface area contributed by atoms with Crippen LogP contribution in [0.15, 0.2) is 24.3 Å². The molecule has 1 aromatic carbocycles. The summed E-state index contributed by atoms with van der Waals surface area (Å²) in [6.07, 6.45) is 0.865. The molecule has 0 amide bonds. The molecule has 1 heterocycles. The van der Waals surface area contributed by atoms with Crippen molar-refractivity contribution in [3.63, 3.8) is 0 Å². The number of aryl methyl sites for hydroxylation is 2. The Morgan fingerprint density at radius 3 is 2.29 bits per heavy atom. The molecule has 0 unspecified atom stereocenters. The Hall–Kier alpha value is -1.61. The molecule has 0 radical (unpaired) electrons. The lowest BCUT2D eigenvalue weighted by molar-refractivity contribution is 0.286. The van der Waals surface area contributed by atoms with Gasteiger partial charge in [-0.2, -0.15) is 0 Å². The standard InChI is InChI=1S/C17H21ClN2O/c1-11(2)9-16-17(20-13(4)12(3)19-16)21-10-14-5-7-15(18)8-6-14/h5-8,11H,9-10H2,1-4H3. The molecule has 3 nitrogen and oxygen atoms in total. The number of hydrogen-bond acceptors (Lipinski definition) is 3. The predicted octanol–water partition coefficient (Wildman–Crippen LogP) is 4.52. The zero-order valence-corrected chi connectivity index (χ0v) is 13.7. The quantitative estimate of drug-likeness (QED) is 0.814. The van der Waals surface area contributed by atoms with Gasteiger partial charge in [0.1, 0.15) is 12.3 Å². The lowest BCUT2D eigenvalue weighted by Gasteiger charge is -2.13. The Morgan fingerprint density at radius 1 is 1.05 bits per heavy atom. The van der Waals surface area contributed by atoms with Crippen molar-refractivity contribution in [2.75, 3.05) is 0 Å². The molecule has 0 spiro atoms. The first-order valence-corrected chi connectivity index (χ1v) is 7.55. The minimum Gasteiger partial charge on any atom is -0.471 e. The third-order valence-corrected chi connectivity index (χ3v) is 3.48. The normalized spacial score (nSPS) is 11.0. The van der Waals surface area contributed by atoms with Crippen molar-refractivity contribution in [3.05, 3.63) is 51.9 Å². The number of rotatable bonds is 5. The van der Waals surface area contributed by atoms with E-state index in [9.17, 15) is 0 Å². The van der Waals surface area contributed by atoms with Crippen LogP contribution in [0, 0.1) is 19.8 Å². The summed E-state index contributed by atoms with van der Waals surface area (Å²) in [6, 6.07) is 7.64. The van der Waals surface area contributed by atoms with E-state index >= 15 is 0 Å². The molecule has 0 atom stereocenters. The van der Waals surface area contributed by atoms with Gasteiger partial charge in [-0.3, -0.25) is 4.98 Å². The zero-order valence-electron chi connectivity index (χ0n) is 13.0. The molecule has 2 aromatic rings. The second kappa shape index (κ2) is 6.90. The first-order chi connectivity index (χ1) is 9.95. The number of halogens is 1. The highest BCUT2D eigenvalue weighted by Crippen LogP contribution is 2.21. The van der Waals surface area contributed by atoms with Crippen molar-refractivity contribution in [2.24, 2.45) is 5.92 Å². The second-order valence-electron chi connectivity index (χ2n) is 5.66. The molecule has 0 N–H and O–H groups in total. The van der Waals surface area contributed by atoms with Crippen LogP contribution in [0.5, 0.6) is 5.88 Å². The summed E-state index contributed by atoms with van der Waals surface area (Å²) < 4.78 is 5.88. The van der Waals surface area contributed by atoms with Gasteiger partial charge in [0.15, 0.2) is 0 Å². The van der Waals surface area contributed by atoms with Gasteiger partial charge in [-0.15, -0.1) is 0 Å². The van der Waals surface area contributed by atoms with Gasteiger partial charge in [0, 0.05) is 5.02 Å². The number of ether oxygens (including phenoxy) is 1. The maximum atomic E-state index is 5.89. The summed E-state index contributed by atoms with van der Waals surface area (Å²) in [6.45, 7) is 8.74. The molecule has 4 heteroatoms. The Balaban J connectivity index is 2.17. The second-order valence-corrected chi connectivity index (χ2v) is 6.10. The predicted molar refractivity (Wildman–Crippen MR) is 85.8 cm³/mol. The highest BCUT2D eigenvalue weighted by molar-refractivity contribution is 6.30. The van der Waals surface area contributed by atoms with Crippen LogP contribution in [-0.2, 0) is 13.0 Å². The van der Waals surface area contributed by atoms with Crippen LogP contribution in [0.1, 0.15) is 36.5 Å². The lowest BCUT2D eigenvalue weighted by Crippen LogP contribution is -2.08. The van der Waals surface area contributed by atoms with Crippen molar-refractivity contribution < 1.29 is 4.74 Å². The fraction of sp³-hybridized carbons (Fsp3) is 0.412. The van der Waals surface area contributed by atoms with E-state index in [1.54, 1.807) is 0 Å². The summed E-state index contributed by atoms with van der Waals surface area (Å²) >= 11 is 5.89. The number of nitrogens with zero attached hydrogens (tertiary/aromatic N) is 2. The third kappa shape index (κ3) is 4.43. The summed E-state index contributed by atoms with van der Waals surface area (Å²) in [7, 11) is 0. The van der Waals surface area contributed by atoms with Gasteiger partial charge >= 0.3 is 0 Å². The molecule has 0 bridgehead atoms. The average Bonchev–Trinajstić information content (AvgIpc) is 2.42. The van der Waals surface area contributed by atoms with Crippen LogP contribution in [-0.4, -0.2) is 9.97 Å². The molecule has 0 saturated heterocycles. The maximum absolute atomic E-state index is 5.89. The van der Waals surface area contributed by atoms with Crippen molar-refractivity contribution in [2.45, 2.75) is 40.7 Å². The SMILES string of the molecule is Cc1nc(CC(C)C)c(OCc2ccc(Cl)cc2)nc1C. The van der Waals surface area contributed by atoms with Gasteiger partial charge in [0.2, 0.25) is 5.88 Å². The van der Waals surface area contributed by atoms with Crippen LogP contribution in [0.4, 0.5) is 0 Å². The van der Waals surface area contributed by atoms with Gasteiger partial charge in [-0.1, -0.05) is 37.6 Å².